The lowest BCUT2D eigenvalue weighted by atomic mass is 10.1. The van der Waals surface area contributed by atoms with Crippen molar-refractivity contribution in [3.05, 3.63) is 73.0 Å². The summed E-state index contributed by atoms with van der Waals surface area (Å²) in [7, 11) is 0. The number of pyridine rings is 1. The second kappa shape index (κ2) is 9.49. The Kier molecular flexibility index (Phi) is 6.09. The number of amides is 1. The molecule has 10 heteroatoms. The maximum atomic E-state index is 13.4. The summed E-state index contributed by atoms with van der Waals surface area (Å²) >= 11 is 0. The minimum absolute atomic E-state index is 0.0555. The SMILES string of the molecule is C=CC(=O)N1CCC[C@@H](n2nc(-c3ccc(OCc4cccc(F)c4)nc3)c3c(N)ncnc32)C1. The van der Waals surface area contributed by atoms with E-state index in [0.717, 1.165) is 18.4 Å². The van der Waals surface area contributed by atoms with Crippen LogP contribution in [0.2, 0.25) is 0 Å². The number of halogens is 1. The van der Waals surface area contributed by atoms with Crippen LogP contribution in [0.3, 0.4) is 0 Å². The number of hydrogen-bond donors (Lipinski definition) is 1. The van der Waals surface area contributed by atoms with E-state index in [1.54, 1.807) is 29.3 Å². The fourth-order valence-electron chi connectivity index (χ4n) is 4.33. The zero-order valence-corrected chi connectivity index (χ0v) is 19.0. The molecule has 0 unspecified atom stereocenters. The highest BCUT2D eigenvalue weighted by Crippen LogP contribution is 2.34. The first-order valence-electron chi connectivity index (χ1n) is 11.3. The van der Waals surface area contributed by atoms with E-state index in [0.29, 0.717) is 47.1 Å². The van der Waals surface area contributed by atoms with Gasteiger partial charge in [-0.3, -0.25) is 4.79 Å². The van der Waals surface area contributed by atoms with E-state index in [4.69, 9.17) is 15.6 Å². The molecule has 4 heterocycles. The number of rotatable bonds is 6. The van der Waals surface area contributed by atoms with Crippen LogP contribution in [0, 0.1) is 5.82 Å². The molecule has 1 fully saturated rings. The largest absolute Gasteiger partial charge is 0.473 e. The fourth-order valence-corrected chi connectivity index (χ4v) is 4.33. The number of anilines is 1. The third kappa shape index (κ3) is 4.54. The number of ether oxygens (including phenoxy) is 1. The molecule has 2 N–H and O–H groups in total. The molecule has 1 aromatic carbocycles. The first-order chi connectivity index (χ1) is 17.0. The van der Waals surface area contributed by atoms with Gasteiger partial charge in [-0.05, 0) is 42.7 Å². The van der Waals surface area contributed by atoms with E-state index >= 15 is 0 Å². The van der Waals surface area contributed by atoms with E-state index in [1.165, 1.54) is 24.5 Å². The highest BCUT2D eigenvalue weighted by molar-refractivity contribution is 5.98. The van der Waals surface area contributed by atoms with Crippen LogP contribution in [0.1, 0.15) is 24.4 Å². The van der Waals surface area contributed by atoms with Gasteiger partial charge in [-0.15, -0.1) is 0 Å². The number of carbonyl (C=O) groups excluding carboxylic acids is 1. The summed E-state index contributed by atoms with van der Waals surface area (Å²) in [4.78, 5) is 26.9. The van der Waals surface area contributed by atoms with Gasteiger partial charge < -0.3 is 15.4 Å². The molecule has 35 heavy (non-hydrogen) atoms. The van der Waals surface area contributed by atoms with Gasteiger partial charge >= 0.3 is 0 Å². The number of benzene rings is 1. The predicted molar refractivity (Wildman–Crippen MR) is 129 cm³/mol. The van der Waals surface area contributed by atoms with E-state index in [1.807, 2.05) is 10.7 Å². The second-order valence-corrected chi connectivity index (χ2v) is 8.34. The molecule has 9 nitrogen and oxygen atoms in total. The number of nitrogens with zero attached hydrogens (tertiary/aromatic N) is 6. The summed E-state index contributed by atoms with van der Waals surface area (Å²) in [6, 6.07) is 9.74. The van der Waals surface area contributed by atoms with Gasteiger partial charge in [0, 0.05) is 30.9 Å². The molecule has 0 radical (unpaired) electrons. The highest BCUT2D eigenvalue weighted by atomic mass is 19.1. The van der Waals surface area contributed by atoms with Crippen LogP contribution in [-0.2, 0) is 11.4 Å². The molecule has 0 bridgehead atoms. The van der Waals surface area contributed by atoms with Crippen molar-refractivity contribution in [2.75, 3.05) is 18.8 Å². The molecule has 1 atom stereocenters. The number of fused-ring (bicyclic) bond motifs is 1. The van der Waals surface area contributed by atoms with Crippen molar-refractivity contribution in [2.45, 2.75) is 25.5 Å². The zero-order valence-electron chi connectivity index (χ0n) is 19.0. The average Bonchev–Trinajstić information content (AvgIpc) is 3.28. The number of nitrogens with two attached hydrogens (primary N) is 1. The van der Waals surface area contributed by atoms with Gasteiger partial charge in [0.1, 0.15) is 30.3 Å². The van der Waals surface area contributed by atoms with Crippen molar-refractivity contribution >= 4 is 22.8 Å². The number of aromatic nitrogens is 5. The number of nitrogen functional groups attached to an aromatic ring is 1. The first kappa shape index (κ1) is 22.5. The quantitative estimate of drug-likeness (QED) is 0.426. The van der Waals surface area contributed by atoms with E-state index in [2.05, 4.69) is 21.5 Å². The zero-order chi connectivity index (χ0) is 24.4. The molecule has 5 rings (SSSR count). The maximum Gasteiger partial charge on any atom is 0.246 e. The van der Waals surface area contributed by atoms with Crippen LogP contribution in [-0.4, -0.2) is 48.6 Å². The Morgan fingerprint density at radius 3 is 2.91 bits per heavy atom. The monoisotopic (exact) mass is 473 g/mol. The number of piperidine rings is 1. The molecule has 1 aliphatic heterocycles. The van der Waals surface area contributed by atoms with Gasteiger partial charge in [0.05, 0.1) is 11.4 Å². The summed E-state index contributed by atoms with van der Waals surface area (Å²) < 4.78 is 20.9. The fraction of sp³-hybridized carbons (Fsp3) is 0.240. The van der Waals surface area contributed by atoms with Gasteiger partial charge in [-0.2, -0.15) is 5.10 Å². The Labute approximate surface area is 201 Å². The van der Waals surface area contributed by atoms with Crippen molar-refractivity contribution in [2.24, 2.45) is 0 Å². The molecular weight excluding hydrogens is 449 g/mol. The average molecular weight is 474 g/mol. The third-order valence-corrected chi connectivity index (χ3v) is 6.03. The maximum absolute atomic E-state index is 13.4. The summed E-state index contributed by atoms with van der Waals surface area (Å²) in [5.41, 5.74) is 8.88. The summed E-state index contributed by atoms with van der Waals surface area (Å²) in [5, 5.41) is 5.48. The molecule has 1 aliphatic rings. The number of likely N-dealkylation sites (tertiary alicyclic amines) is 1. The number of hydrogen-bond acceptors (Lipinski definition) is 7. The van der Waals surface area contributed by atoms with Crippen molar-refractivity contribution < 1.29 is 13.9 Å². The second-order valence-electron chi connectivity index (χ2n) is 8.34. The molecular formula is C25H24FN7O2. The topological polar surface area (TPSA) is 112 Å². The Morgan fingerprint density at radius 1 is 1.26 bits per heavy atom. The van der Waals surface area contributed by atoms with Crippen molar-refractivity contribution in [1.82, 2.24) is 29.6 Å². The molecule has 4 aromatic rings. The van der Waals surface area contributed by atoms with Gasteiger partial charge in [-0.25, -0.2) is 24.0 Å². The Balaban J connectivity index is 1.43. The van der Waals surface area contributed by atoms with E-state index < -0.39 is 0 Å². The smallest absolute Gasteiger partial charge is 0.246 e. The number of carbonyl (C=O) groups is 1. The van der Waals surface area contributed by atoms with Crippen molar-refractivity contribution in [3.8, 4) is 17.1 Å². The third-order valence-electron chi connectivity index (χ3n) is 6.03. The van der Waals surface area contributed by atoms with Gasteiger partial charge in [-0.1, -0.05) is 18.7 Å². The lowest BCUT2D eigenvalue weighted by Crippen LogP contribution is -2.40. The minimum Gasteiger partial charge on any atom is -0.473 e. The molecule has 0 aliphatic carbocycles. The molecule has 3 aromatic heterocycles. The van der Waals surface area contributed by atoms with Gasteiger partial charge in [0.15, 0.2) is 5.65 Å². The van der Waals surface area contributed by atoms with Gasteiger partial charge in [0.2, 0.25) is 11.8 Å². The molecule has 1 amide bonds. The highest BCUT2D eigenvalue weighted by Gasteiger charge is 2.28. The van der Waals surface area contributed by atoms with Crippen molar-refractivity contribution in [3.63, 3.8) is 0 Å². The summed E-state index contributed by atoms with van der Waals surface area (Å²) in [6.07, 6.45) is 6.09. The summed E-state index contributed by atoms with van der Waals surface area (Å²) in [6.45, 7) is 4.99. The van der Waals surface area contributed by atoms with Crippen LogP contribution >= 0.6 is 0 Å². The van der Waals surface area contributed by atoms with Crippen LogP contribution < -0.4 is 10.5 Å². The van der Waals surface area contributed by atoms with Crippen LogP contribution in [0.4, 0.5) is 10.2 Å². The Bertz CT molecular complexity index is 1390. The van der Waals surface area contributed by atoms with Crippen LogP contribution in [0.25, 0.3) is 22.3 Å². The lowest BCUT2D eigenvalue weighted by molar-refractivity contribution is -0.127. The standard InChI is InChI=1S/C25H24FN7O2/c1-2-21(34)32-10-4-7-19(13-32)33-25-22(24(27)29-15-30-25)23(31-33)17-8-9-20(28-12-17)35-14-16-5-3-6-18(26)11-16/h2-3,5-6,8-9,11-12,15,19H,1,4,7,10,13-14H2,(H2,27,29,30)/t19-/m1/s1. The summed E-state index contributed by atoms with van der Waals surface area (Å²) in [5.74, 6) is 0.305. The molecule has 0 spiro atoms. The molecule has 1 saturated heterocycles. The van der Waals surface area contributed by atoms with E-state index in [-0.39, 0.29) is 24.4 Å². The van der Waals surface area contributed by atoms with Gasteiger partial charge in [0.25, 0.3) is 0 Å². The Hall–Kier alpha value is -4.34. The molecule has 178 valence electrons. The molecule has 0 saturated carbocycles. The lowest BCUT2D eigenvalue weighted by Gasteiger charge is -2.32. The minimum atomic E-state index is -0.313. The predicted octanol–water partition coefficient (Wildman–Crippen LogP) is 3.54. The van der Waals surface area contributed by atoms with Crippen LogP contribution in [0.15, 0.2) is 61.6 Å². The first-order valence-corrected chi connectivity index (χ1v) is 11.3. The van der Waals surface area contributed by atoms with Crippen molar-refractivity contribution in [1.29, 1.82) is 0 Å². The normalized spacial score (nSPS) is 15.8. The van der Waals surface area contributed by atoms with Crippen LogP contribution in [0.5, 0.6) is 5.88 Å². The van der Waals surface area contributed by atoms with E-state index in [9.17, 15) is 9.18 Å². The Morgan fingerprint density at radius 2 is 2.14 bits per heavy atom.